The number of hydrogen-bond donors (Lipinski definition) is 2. The first-order chi connectivity index (χ1) is 12.9. The van der Waals surface area contributed by atoms with Crippen LogP contribution in [0.2, 0.25) is 5.02 Å². The molecule has 0 saturated heterocycles. The molecule has 0 bridgehead atoms. The van der Waals surface area contributed by atoms with Crippen molar-refractivity contribution in [3.05, 3.63) is 58.6 Å². The Morgan fingerprint density at radius 2 is 1.70 bits per heavy atom. The molecule has 2 aromatic rings. The summed E-state index contributed by atoms with van der Waals surface area (Å²) in [7, 11) is 2.83. The molecule has 2 N–H and O–H groups in total. The molecule has 0 unspecified atom stereocenters. The molecule has 0 fully saturated rings. The molecule has 8 heteroatoms. The monoisotopic (exact) mass is 390 g/mol. The lowest BCUT2D eigenvalue weighted by atomic mass is 10.1. The van der Waals surface area contributed by atoms with Crippen molar-refractivity contribution in [2.45, 2.75) is 6.42 Å². The van der Waals surface area contributed by atoms with Crippen LogP contribution in [0.3, 0.4) is 0 Å². The van der Waals surface area contributed by atoms with Crippen LogP contribution in [0.5, 0.6) is 5.75 Å². The molecule has 0 aliphatic rings. The number of carbonyl (C=O) groups is 3. The molecule has 0 aromatic heterocycles. The molecule has 2 aromatic carbocycles. The van der Waals surface area contributed by atoms with Crippen LogP contribution in [0.1, 0.15) is 15.9 Å². The van der Waals surface area contributed by atoms with Crippen LogP contribution in [0.25, 0.3) is 0 Å². The van der Waals surface area contributed by atoms with E-state index >= 15 is 0 Å². The van der Waals surface area contributed by atoms with E-state index in [0.717, 1.165) is 11.3 Å². The molecule has 2 rings (SSSR count). The zero-order valence-corrected chi connectivity index (χ0v) is 15.6. The van der Waals surface area contributed by atoms with E-state index in [0.29, 0.717) is 6.42 Å². The van der Waals surface area contributed by atoms with Crippen molar-refractivity contribution in [3.63, 3.8) is 0 Å². The van der Waals surface area contributed by atoms with Crippen molar-refractivity contribution in [1.29, 1.82) is 0 Å². The van der Waals surface area contributed by atoms with E-state index in [1.54, 1.807) is 7.11 Å². The predicted octanol–water partition coefficient (Wildman–Crippen LogP) is 2.43. The van der Waals surface area contributed by atoms with Gasteiger partial charge < -0.3 is 20.1 Å². The number of esters is 1. The lowest BCUT2D eigenvalue weighted by Gasteiger charge is -2.09. The lowest BCUT2D eigenvalue weighted by Crippen LogP contribution is -2.36. The number of halogens is 1. The van der Waals surface area contributed by atoms with Crippen molar-refractivity contribution >= 4 is 35.1 Å². The van der Waals surface area contributed by atoms with Gasteiger partial charge in [0.1, 0.15) is 5.75 Å². The quantitative estimate of drug-likeness (QED) is 0.583. The van der Waals surface area contributed by atoms with Crippen LogP contribution >= 0.6 is 11.6 Å². The summed E-state index contributed by atoms with van der Waals surface area (Å²) in [4.78, 5) is 35.5. The number of benzene rings is 2. The fourth-order valence-corrected chi connectivity index (χ4v) is 2.40. The molecule has 0 atom stereocenters. The maximum atomic E-state index is 12.0. The third kappa shape index (κ3) is 5.72. The number of hydrogen-bond acceptors (Lipinski definition) is 5. The van der Waals surface area contributed by atoms with Crippen molar-refractivity contribution in [2.24, 2.45) is 0 Å². The van der Waals surface area contributed by atoms with Gasteiger partial charge in [0.15, 0.2) is 0 Å². The highest BCUT2D eigenvalue weighted by molar-refractivity contribution is 6.41. The zero-order valence-electron chi connectivity index (χ0n) is 14.9. The summed E-state index contributed by atoms with van der Waals surface area (Å²) in [5, 5.41) is 5.11. The molecule has 0 aliphatic heterocycles. The third-order valence-corrected chi connectivity index (χ3v) is 4.03. The van der Waals surface area contributed by atoms with Gasteiger partial charge in [0.05, 0.1) is 30.5 Å². The average molecular weight is 391 g/mol. The minimum absolute atomic E-state index is 0.148. The second kappa shape index (κ2) is 9.59. The van der Waals surface area contributed by atoms with Gasteiger partial charge in [-0.05, 0) is 42.3 Å². The Morgan fingerprint density at radius 1 is 1.00 bits per heavy atom. The Hall–Kier alpha value is -3.06. The van der Waals surface area contributed by atoms with Crippen molar-refractivity contribution < 1.29 is 23.9 Å². The Labute approximate surface area is 161 Å². The van der Waals surface area contributed by atoms with Crippen LogP contribution < -0.4 is 15.4 Å². The molecule has 27 heavy (non-hydrogen) atoms. The molecule has 0 spiro atoms. The highest BCUT2D eigenvalue weighted by Crippen LogP contribution is 2.23. The third-order valence-electron chi connectivity index (χ3n) is 3.70. The van der Waals surface area contributed by atoms with Gasteiger partial charge in [0, 0.05) is 6.54 Å². The second-order valence-corrected chi connectivity index (χ2v) is 5.90. The van der Waals surface area contributed by atoms with E-state index in [1.165, 1.54) is 25.3 Å². The van der Waals surface area contributed by atoms with Gasteiger partial charge in [-0.25, -0.2) is 4.79 Å². The summed E-state index contributed by atoms with van der Waals surface area (Å²) in [6.45, 7) is 0.286. The SMILES string of the molecule is COC(=O)c1ccc(Cl)c(NC(=O)C(=O)NCCc2ccc(OC)cc2)c1. The fraction of sp³-hybridized carbons (Fsp3) is 0.211. The van der Waals surface area contributed by atoms with Crippen LogP contribution in [0.4, 0.5) is 5.69 Å². The molecule has 7 nitrogen and oxygen atoms in total. The minimum atomic E-state index is -0.881. The fourth-order valence-electron chi connectivity index (χ4n) is 2.24. The van der Waals surface area contributed by atoms with Crippen molar-refractivity contribution in [3.8, 4) is 5.75 Å². The van der Waals surface area contributed by atoms with Gasteiger partial charge in [0.25, 0.3) is 0 Å². The van der Waals surface area contributed by atoms with E-state index in [4.69, 9.17) is 16.3 Å². The van der Waals surface area contributed by atoms with Gasteiger partial charge in [-0.15, -0.1) is 0 Å². The lowest BCUT2D eigenvalue weighted by molar-refractivity contribution is -0.136. The Bertz CT molecular complexity index is 836. The summed E-state index contributed by atoms with van der Waals surface area (Å²) < 4.78 is 9.69. The van der Waals surface area contributed by atoms with Crippen molar-refractivity contribution in [1.82, 2.24) is 5.32 Å². The molecule has 0 heterocycles. The Balaban J connectivity index is 1.89. The Morgan fingerprint density at radius 3 is 2.33 bits per heavy atom. The molecular formula is C19H19ClN2O5. The number of rotatable bonds is 6. The predicted molar refractivity (Wildman–Crippen MR) is 101 cm³/mol. The number of carbonyl (C=O) groups excluding carboxylic acids is 3. The standard InChI is InChI=1S/C19H19ClN2O5/c1-26-14-6-3-12(4-7-14)9-10-21-17(23)18(24)22-16-11-13(19(25)27-2)5-8-15(16)20/h3-8,11H,9-10H2,1-2H3,(H,21,23)(H,22,24). The summed E-state index contributed by atoms with van der Waals surface area (Å²) in [6.07, 6.45) is 0.557. The number of ether oxygens (including phenoxy) is 2. The first kappa shape index (κ1) is 20.3. The largest absolute Gasteiger partial charge is 0.497 e. The second-order valence-electron chi connectivity index (χ2n) is 5.49. The molecule has 0 aliphatic carbocycles. The number of nitrogens with one attached hydrogen (secondary N) is 2. The van der Waals surface area contributed by atoms with Crippen LogP contribution in [-0.2, 0) is 20.7 Å². The van der Waals surface area contributed by atoms with Crippen molar-refractivity contribution in [2.75, 3.05) is 26.1 Å². The minimum Gasteiger partial charge on any atom is -0.497 e. The smallest absolute Gasteiger partial charge is 0.337 e. The molecule has 0 radical (unpaired) electrons. The summed E-state index contributed by atoms with van der Waals surface area (Å²) in [6, 6.07) is 11.6. The first-order valence-electron chi connectivity index (χ1n) is 8.04. The zero-order chi connectivity index (χ0) is 19.8. The van der Waals surface area contributed by atoms with Crippen LogP contribution in [0.15, 0.2) is 42.5 Å². The molecule has 2 amide bonds. The van der Waals surface area contributed by atoms with Gasteiger partial charge >= 0.3 is 17.8 Å². The van der Waals surface area contributed by atoms with Gasteiger partial charge in [-0.2, -0.15) is 0 Å². The maximum absolute atomic E-state index is 12.0. The van der Waals surface area contributed by atoms with E-state index < -0.39 is 17.8 Å². The van der Waals surface area contributed by atoms with E-state index in [2.05, 4.69) is 15.4 Å². The number of amides is 2. The number of methoxy groups -OCH3 is 2. The normalized spacial score (nSPS) is 10.0. The van der Waals surface area contributed by atoms with E-state index in [-0.39, 0.29) is 22.8 Å². The Kier molecular flexibility index (Phi) is 7.19. The van der Waals surface area contributed by atoms with Gasteiger partial charge in [0.2, 0.25) is 0 Å². The average Bonchev–Trinajstić information content (AvgIpc) is 2.69. The topological polar surface area (TPSA) is 93.7 Å². The summed E-state index contributed by atoms with van der Waals surface area (Å²) in [5.41, 5.74) is 1.34. The molecular weight excluding hydrogens is 372 g/mol. The van der Waals surface area contributed by atoms with E-state index in [9.17, 15) is 14.4 Å². The first-order valence-corrected chi connectivity index (χ1v) is 8.42. The van der Waals surface area contributed by atoms with Gasteiger partial charge in [-0.1, -0.05) is 23.7 Å². The molecule has 0 saturated carbocycles. The molecule has 142 valence electrons. The number of anilines is 1. The van der Waals surface area contributed by atoms with Crippen LogP contribution in [-0.4, -0.2) is 38.5 Å². The summed E-state index contributed by atoms with van der Waals surface area (Å²) in [5.74, 6) is -1.52. The summed E-state index contributed by atoms with van der Waals surface area (Å²) >= 11 is 5.99. The maximum Gasteiger partial charge on any atom is 0.337 e. The highest BCUT2D eigenvalue weighted by atomic mass is 35.5. The van der Waals surface area contributed by atoms with E-state index in [1.807, 2.05) is 24.3 Å². The highest BCUT2D eigenvalue weighted by Gasteiger charge is 2.16. The van der Waals surface area contributed by atoms with Crippen LogP contribution in [0, 0.1) is 0 Å². The van der Waals surface area contributed by atoms with Gasteiger partial charge in [-0.3, -0.25) is 9.59 Å².